The Bertz CT molecular complexity index is 285. The van der Waals surface area contributed by atoms with E-state index in [2.05, 4.69) is 5.32 Å². The van der Waals surface area contributed by atoms with E-state index in [0.29, 0.717) is 13.1 Å². The highest BCUT2D eigenvalue weighted by molar-refractivity contribution is 5.63. The van der Waals surface area contributed by atoms with Gasteiger partial charge in [-0.05, 0) is 0 Å². The highest BCUT2D eigenvalue weighted by Gasteiger charge is 1.76. The van der Waals surface area contributed by atoms with Gasteiger partial charge in [0.1, 0.15) is 0 Å². The fourth-order valence-electron chi connectivity index (χ4n) is 0.329. The molecule has 0 rings (SSSR count). The SMILES string of the molecule is CC(=O)O.CC(=O)O.CC(=O)O.CC(=O)O.CC(=O)O.N.NCCNCCN. The Balaban J connectivity index is -0.0000000382. The highest BCUT2D eigenvalue weighted by atomic mass is 16.4. The van der Waals surface area contributed by atoms with Crippen molar-refractivity contribution in [1.82, 2.24) is 11.5 Å². The van der Waals surface area contributed by atoms with E-state index in [1.165, 1.54) is 0 Å². The number of aliphatic carboxylic acids is 5. The summed E-state index contributed by atoms with van der Waals surface area (Å²) >= 11 is 0. The third-order valence-electron chi connectivity index (χ3n) is 0.642. The van der Waals surface area contributed by atoms with Crippen LogP contribution >= 0.6 is 0 Å². The number of nitrogens with two attached hydrogens (primary N) is 2. The largest absolute Gasteiger partial charge is 0.481 e. The molecule has 0 radical (unpaired) electrons. The summed E-state index contributed by atoms with van der Waals surface area (Å²) in [6.45, 7) is 8.55. The van der Waals surface area contributed by atoms with Gasteiger partial charge in [-0.15, -0.1) is 0 Å². The molecule has 0 fully saturated rings. The van der Waals surface area contributed by atoms with Gasteiger partial charge < -0.3 is 48.5 Å². The predicted octanol–water partition coefficient (Wildman–Crippen LogP) is -0.890. The van der Waals surface area contributed by atoms with Crippen LogP contribution in [0.15, 0.2) is 0 Å². The van der Waals surface area contributed by atoms with Gasteiger partial charge in [-0.3, -0.25) is 24.0 Å². The van der Waals surface area contributed by atoms with Crippen LogP contribution in [0.3, 0.4) is 0 Å². The lowest BCUT2D eigenvalue weighted by atomic mass is 10.6. The molecule has 0 saturated carbocycles. The molecule has 14 nitrogen and oxygen atoms in total. The van der Waals surface area contributed by atoms with Crippen LogP contribution in [0.2, 0.25) is 0 Å². The van der Waals surface area contributed by atoms with Crippen LogP contribution in [0.1, 0.15) is 34.6 Å². The van der Waals surface area contributed by atoms with E-state index in [1.807, 2.05) is 0 Å². The van der Waals surface area contributed by atoms with Gasteiger partial charge in [-0.25, -0.2) is 0 Å². The Morgan fingerprint density at radius 3 is 0.750 bits per heavy atom. The van der Waals surface area contributed by atoms with E-state index in [1.54, 1.807) is 0 Å². The van der Waals surface area contributed by atoms with Crippen molar-refractivity contribution in [3.05, 3.63) is 0 Å². The van der Waals surface area contributed by atoms with E-state index in [4.69, 9.17) is 61.0 Å². The van der Waals surface area contributed by atoms with Gasteiger partial charge in [-0.1, -0.05) is 0 Å². The number of carboxylic acids is 5. The fraction of sp³-hybridized carbons (Fsp3) is 0.643. The molecule has 0 spiro atoms. The number of nitrogens with one attached hydrogen (secondary N) is 1. The van der Waals surface area contributed by atoms with E-state index < -0.39 is 29.8 Å². The Kier molecular flexibility index (Phi) is 70.0. The van der Waals surface area contributed by atoms with E-state index in [-0.39, 0.29) is 6.15 Å². The first kappa shape index (κ1) is 44.5. The summed E-state index contributed by atoms with van der Waals surface area (Å²) in [5.74, 6) is -4.17. The maximum atomic E-state index is 9.00. The molecular formula is C14H36N4O10. The van der Waals surface area contributed by atoms with Gasteiger partial charge in [0, 0.05) is 60.8 Å². The summed E-state index contributed by atoms with van der Waals surface area (Å²) < 4.78 is 0. The second-order valence-corrected chi connectivity index (χ2v) is 3.92. The Hall–Kier alpha value is -2.81. The normalized spacial score (nSPS) is 6.82. The molecule has 0 aromatic carbocycles. The number of hydrogen-bond acceptors (Lipinski definition) is 9. The number of hydrogen-bond donors (Lipinski definition) is 9. The molecule has 0 aliphatic carbocycles. The van der Waals surface area contributed by atoms with Gasteiger partial charge in [-0.2, -0.15) is 0 Å². The maximum absolute atomic E-state index is 9.00. The molecule has 0 aliphatic heterocycles. The van der Waals surface area contributed by atoms with E-state index in [9.17, 15) is 0 Å². The topological polar surface area (TPSA) is 286 Å². The Labute approximate surface area is 164 Å². The highest BCUT2D eigenvalue weighted by Crippen LogP contribution is 1.49. The van der Waals surface area contributed by atoms with Crippen molar-refractivity contribution in [3.8, 4) is 0 Å². The minimum Gasteiger partial charge on any atom is -0.481 e. The average Bonchev–Trinajstić information content (AvgIpc) is 2.35. The molecule has 0 heterocycles. The molecule has 14 heteroatoms. The predicted molar refractivity (Wildman–Crippen MR) is 103 cm³/mol. The maximum Gasteiger partial charge on any atom is 0.300 e. The van der Waals surface area contributed by atoms with Gasteiger partial charge in [0.2, 0.25) is 0 Å². The molecule has 28 heavy (non-hydrogen) atoms. The number of carboxylic acid groups (broad SMARTS) is 5. The first-order valence-corrected chi connectivity index (χ1v) is 7.16. The molecule has 0 bridgehead atoms. The zero-order valence-electron chi connectivity index (χ0n) is 17.0. The summed E-state index contributed by atoms with van der Waals surface area (Å²) in [6, 6.07) is 0. The van der Waals surface area contributed by atoms with Crippen LogP contribution in [0, 0.1) is 0 Å². The average molecular weight is 420 g/mol. The van der Waals surface area contributed by atoms with Crippen LogP contribution in [0.5, 0.6) is 0 Å². The van der Waals surface area contributed by atoms with Crippen LogP contribution in [-0.2, 0) is 24.0 Å². The second-order valence-electron chi connectivity index (χ2n) is 3.92. The Morgan fingerprint density at radius 2 is 0.679 bits per heavy atom. The van der Waals surface area contributed by atoms with E-state index >= 15 is 0 Å². The molecule has 0 aliphatic rings. The lowest BCUT2D eigenvalue weighted by Crippen LogP contribution is -2.27. The molecule has 0 saturated heterocycles. The van der Waals surface area contributed by atoms with Crippen molar-refractivity contribution in [1.29, 1.82) is 0 Å². The third-order valence-corrected chi connectivity index (χ3v) is 0.642. The minimum atomic E-state index is -0.833. The van der Waals surface area contributed by atoms with Crippen LogP contribution < -0.4 is 22.9 Å². The Morgan fingerprint density at radius 1 is 0.571 bits per heavy atom. The van der Waals surface area contributed by atoms with Crippen molar-refractivity contribution in [2.75, 3.05) is 26.2 Å². The first-order valence-electron chi connectivity index (χ1n) is 7.16. The molecule has 172 valence electrons. The van der Waals surface area contributed by atoms with Gasteiger partial charge in [0.25, 0.3) is 29.8 Å². The third kappa shape index (κ3) is 8060. The molecule has 0 amide bonds. The summed E-state index contributed by atoms with van der Waals surface area (Å²) in [5, 5.41) is 40.1. The van der Waals surface area contributed by atoms with Gasteiger partial charge in [0.05, 0.1) is 0 Å². The standard InChI is InChI=1S/C4H13N3.5C2H4O2.H3N/c5-1-3-7-4-2-6;5*1-2(3)4;/h7H,1-6H2;5*1H3,(H,3,4);1H3. The lowest BCUT2D eigenvalue weighted by molar-refractivity contribution is -0.135. The number of rotatable bonds is 4. The monoisotopic (exact) mass is 420 g/mol. The van der Waals surface area contributed by atoms with Crippen molar-refractivity contribution < 1.29 is 49.5 Å². The molecule has 13 N–H and O–H groups in total. The molecule has 0 aromatic heterocycles. The van der Waals surface area contributed by atoms with Crippen LogP contribution in [-0.4, -0.2) is 81.6 Å². The first-order chi connectivity index (χ1) is 12.1. The van der Waals surface area contributed by atoms with Crippen molar-refractivity contribution in [2.45, 2.75) is 34.6 Å². The quantitative estimate of drug-likeness (QED) is 0.249. The molecule has 0 aromatic rings. The molecule has 0 atom stereocenters. The fourth-order valence-corrected chi connectivity index (χ4v) is 0.329. The summed E-state index contributed by atoms with van der Waals surface area (Å²) in [4.78, 5) is 45.0. The second kappa shape index (κ2) is 44.0. The molecule has 0 unspecified atom stereocenters. The van der Waals surface area contributed by atoms with Gasteiger partial charge >= 0.3 is 0 Å². The summed E-state index contributed by atoms with van der Waals surface area (Å²) in [7, 11) is 0. The summed E-state index contributed by atoms with van der Waals surface area (Å²) in [6.07, 6.45) is 0. The summed E-state index contributed by atoms with van der Waals surface area (Å²) in [5.41, 5.74) is 10.3. The zero-order valence-corrected chi connectivity index (χ0v) is 17.0. The van der Waals surface area contributed by atoms with Gasteiger partial charge in [0.15, 0.2) is 0 Å². The zero-order chi connectivity index (χ0) is 23.4. The van der Waals surface area contributed by atoms with E-state index in [0.717, 1.165) is 47.7 Å². The van der Waals surface area contributed by atoms with Crippen LogP contribution in [0.25, 0.3) is 0 Å². The minimum absolute atomic E-state index is 0. The van der Waals surface area contributed by atoms with Crippen molar-refractivity contribution >= 4 is 29.8 Å². The van der Waals surface area contributed by atoms with Crippen LogP contribution in [0.4, 0.5) is 0 Å². The van der Waals surface area contributed by atoms with Crippen molar-refractivity contribution in [3.63, 3.8) is 0 Å². The number of carbonyl (C=O) groups is 5. The smallest absolute Gasteiger partial charge is 0.300 e. The lowest BCUT2D eigenvalue weighted by Gasteiger charge is -1.95. The molecular weight excluding hydrogens is 384 g/mol. The van der Waals surface area contributed by atoms with Crippen molar-refractivity contribution in [2.24, 2.45) is 11.5 Å².